The maximum absolute atomic E-state index is 5.27. The quantitative estimate of drug-likeness (QED) is 0.860. The molecular formula is C14H16BrNOS. The lowest BCUT2D eigenvalue weighted by Crippen LogP contribution is -1.97. The third-order valence-electron chi connectivity index (χ3n) is 2.68. The van der Waals surface area contributed by atoms with Crippen LogP contribution in [0.3, 0.4) is 0 Å². The Kier molecular flexibility index (Phi) is 4.66. The van der Waals surface area contributed by atoms with Crippen LogP contribution < -0.4 is 10.1 Å². The first-order valence-electron chi connectivity index (χ1n) is 5.88. The van der Waals surface area contributed by atoms with E-state index >= 15 is 0 Å². The van der Waals surface area contributed by atoms with Gasteiger partial charge in [0.05, 0.1) is 11.6 Å². The fourth-order valence-electron chi connectivity index (χ4n) is 1.67. The molecule has 0 saturated heterocycles. The molecule has 96 valence electrons. The van der Waals surface area contributed by atoms with E-state index in [2.05, 4.69) is 40.3 Å². The monoisotopic (exact) mass is 325 g/mol. The Bertz CT molecular complexity index is 524. The van der Waals surface area contributed by atoms with Crippen molar-refractivity contribution in [3.8, 4) is 5.75 Å². The summed E-state index contributed by atoms with van der Waals surface area (Å²) in [6, 6.07) is 10.4. The SMILES string of the molecule is CCc1ccc(CNc2ccc(Br)c(OC)c2)s1. The number of nitrogens with one attached hydrogen (secondary N) is 1. The lowest BCUT2D eigenvalue weighted by molar-refractivity contribution is 0.412. The Labute approximate surface area is 120 Å². The van der Waals surface area contributed by atoms with Crippen LogP contribution in [0, 0.1) is 0 Å². The van der Waals surface area contributed by atoms with E-state index in [1.54, 1.807) is 7.11 Å². The topological polar surface area (TPSA) is 21.3 Å². The molecule has 1 heterocycles. The summed E-state index contributed by atoms with van der Waals surface area (Å²) in [6.45, 7) is 3.04. The number of halogens is 1. The Morgan fingerprint density at radius 1 is 1.22 bits per heavy atom. The van der Waals surface area contributed by atoms with Gasteiger partial charge in [-0.1, -0.05) is 6.92 Å². The number of rotatable bonds is 5. The van der Waals surface area contributed by atoms with Crippen LogP contribution in [0.15, 0.2) is 34.8 Å². The summed E-state index contributed by atoms with van der Waals surface area (Å²) >= 11 is 5.31. The van der Waals surface area contributed by atoms with Gasteiger partial charge in [0, 0.05) is 28.1 Å². The first-order valence-corrected chi connectivity index (χ1v) is 7.49. The number of hydrogen-bond donors (Lipinski definition) is 1. The van der Waals surface area contributed by atoms with Gasteiger partial charge in [-0.05, 0) is 46.6 Å². The Morgan fingerprint density at radius 3 is 2.67 bits per heavy atom. The van der Waals surface area contributed by atoms with Gasteiger partial charge in [0.15, 0.2) is 0 Å². The minimum absolute atomic E-state index is 0.848. The lowest BCUT2D eigenvalue weighted by atomic mass is 10.3. The molecule has 1 aromatic carbocycles. The van der Waals surface area contributed by atoms with Crippen LogP contribution in [-0.2, 0) is 13.0 Å². The molecule has 0 unspecified atom stereocenters. The Hall–Kier alpha value is -1.000. The van der Waals surface area contributed by atoms with Crippen molar-refractivity contribution >= 4 is 33.0 Å². The molecule has 0 spiro atoms. The summed E-state index contributed by atoms with van der Waals surface area (Å²) in [4.78, 5) is 2.79. The summed E-state index contributed by atoms with van der Waals surface area (Å²) in [5, 5.41) is 3.41. The summed E-state index contributed by atoms with van der Waals surface area (Å²) < 4.78 is 6.25. The zero-order valence-electron chi connectivity index (χ0n) is 10.5. The minimum atomic E-state index is 0.848. The van der Waals surface area contributed by atoms with E-state index in [1.807, 2.05) is 29.5 Å². The van der Waals surface area contributed by atoms with Gasteiger partial charge in [0.1, 0.15) is 5.75 Å². The molecule has 0 amide bonds. The molecule has 0 radical (unpaired) electrons. The standard InChI is InChI=1S/C14H16BrNOS/c1-3-11-5-6-12(18-11)9-16-10-4-7-13(15)14(8-10)17-2/h4-8,16H,3,9H2,1-2H3. The Morgan fingerprint density at radius 2 is 2.00 bits per heavy atom. The Balaban J connectivity index is 2.01. The van der Waals surface area contributed by atoms with Crippen LogP contribution >= 0.6 is 27.3 Å². The predicted octanol–water partition coefficient (Wildman–Crippen LogP) is 4.69. The fraction of sp³-hybridized carbons (Fsp3) is 0.286. The van der Waals surface area contributed by atoms with Gasteiger partial charge in [-0.2, -0.15) is 0 Å². The number of methoxy groups -OCH3 is 1. The van der Waals surface area contributed by atoms with E-state index in [0.717, 1.165) is 28.9 Å². The summed E-state index contributed by atoms with van der Waals surface area (Å²) in [7, 11) is 1.68. The maximum Gasteiger partial charge on any atom is 0.135 e. The largest absolute Gasteiger partial charge is 0.495 e. The van der Waals surface area contributed by atoms with Gasteiger partial charge in [0.25, 0.3) is 0 Å². The molecule has 2 rings (SSSR count). The van der Waals surface area contributed by atoms with E-state index in [0.29, 0.717) is 0 Å². The van der Waals surface area contributed by atoms with Gasteiger partial charge < -0.3 is 10.1 Å². The summed E-state index contributed by atoms with van der Waals surface area (Å²) in [5.41, 5.74) is 1.07. The number of benzene rings is 1. The smallest absolute Gasteiger partial charge is 0.135 e. The molecule has 2 nitrogen and oxygen atoms in total. The molecule has 4 heteroatoms. The van der Waals surface area contributed by atoms with Gasteiger partial charge in [0.2, 0.25) is 0 Å². The maximum atomic E-state index is 5.27. The first kappa shape index (κ1) is 13.4. The van der Waals surface area contributed by atoms with Crippen LogP contribution in [0.5, 0.6) is 5.75 Å². The second-order valence-electron chi connectivity index (χ2n) is 3.92. The predicted molar refractivity (Wildman–Crippen MR) is 81.7 cm³/mol. The molecule has 0 aliphatic carbocycles. The second kappa shape index (κ2) is 6.25. The molecule has 0 aliphatic rings. The molecular weight excluding hydrogens is 310 g/mol. The molecule has 1 aromatic heterocycles. The van der Waals surface area contributed by atoms with Crippen molar-refractivity contribution in [3.05, 3.63) is 44.6 Å². The minimum Gasteiger partial charge on any atom is -0.495 e. The van der Waals surface area contributed by atoms with Crippen molar-refractivity contribution < 1.29 is 4.74 Å². The highest BCUT2D eigenvalue weighted by Gasteiger charge is 2.02. The molecule has 2 aromatic rings. The third kappa shape index (κ3) is 3.27. The van der Waals surface area contributed by atoms with Gasteiger partial charge >= 0.3 is 0 Å². The molecule has 18 heavy (non-hydrogen) atoms. The van der Waals surface area contributed by atoms with E-state index in [4.69, 9.17) is 4.74 Å². The molecule has 0 atom stereocenters. The second-order valence-corrected chi connectivity index (χ2v) is 6.03. The highest BCUT2D eigenvalue weighted by molar-refractivity contribution is 9.10. The summed E-state index contributed by atoms with van der Waals surface area (Å²) in [6.07, 6.45) is 1.11. The van der Waals surface area contributed by atoms with E-state index in [-0.39, 0.29) is 0 Å². The molecule has 0 fully saturated rings. The summed E-state index contributed by atoms with van der Waals surface area (Å²) in [5.74, 6) is 0.848. The van der Waals surface area contributed by atoms with Crippen molar-refractivity contribution in [2.24, 2.45) is 0 Å². The third-order valence-corrected chi connectivity index (χ3v) is 4.57. The van der Waals surface area contributed by atoms with Crippen molar-refractivity contribution in [1.29, 1.82) is 0 Å². The molecule has 1 N–H and O–H groups in total. The van der Waals surface area contributed by atoms with Gasteiger partial charge in [-0.15, -0.1) is 11.3 Å². The lowest BCUT2D eigenvalue weighted by Gasteiger charge is -2.08. The van der Waals surface area contributed by atoms with E-state index in [1.165, 1.54) is 9.75 Å². The van der Waals surface area contributed by atoms with E-state index < -0.39 is 0 Å². The number of hydrogen-bond acceptors (Lipinski definition) is 3. The van der Waals surface area contributed by atoms with E-state index in [9.17, 15) is 0 Å². The molecule has 0 bridgehead atoms. The van der Waals surface area contributed by atoms with Crippen LogP contribution in [0.1, 0.15) is 16.7 Å². The van der Waals surface area contributed by atoms with Crippen molar-refractivity contribution in [3.63, 3.8) is 0 Å². The number of aryl methyl sites for hydroxylation is 1. The average molecular weight is 326 g/mol. The van der Waals surface area contributed by atoms with Gasteiger partial charge in [-0.25, -0.2) is 0 Å². The van der Waals surface area contributed by atoms with Crippen LogP contribution in [-0.4, -0.2) is 7.11 Å². The molecule has 0 saturated carbocycles. The number of ether oxygens (including phenoxy) is 1. The highest BCUT2D eigenvalue weighted by Crippen LogP contribution is 2.28. The normalized spacial score (nSPS) is 10.4. The first-order chi connectivity index (χ1) is 8.72. The zero-order chi connectivity index (χ0) is 13.0. The number of thiophene rings is 1. The zero-order valence-corrected chi connectivity index (χ0v) is 12.9. The highest BCUT2D eigenvalue weighted by atomic mass is 79.9. The van der Waals surface area contributed by atoms with Gasteiger partial charge in [-0.3, -0.25) is 0 Å². The van der Waals surface area contributed by atoms with Crippen molar-refractivity contribution in [2.75, 3.05) is 12.4 Å². The number of anilines is 1. The van der Waals surface area contributed by atoms with Crippen LogP contribution in [0.25, 0.3) is 0 Å². The van der Waals surface area contributed by atoms with Crippen LogP contribution in [0.4, 0.5) is 5.69 Å². The fourth-order valence-corrected chi connectivity index (χ4v) is 2.97. The van der Waals surface area contributed by atoms with Crippen molar-refractivity contribution in [2.45, 2.75) is 19.9 Å². The van der Waals surface area contributed by atoms with Crippen molar-refractivity contribution in [1.82, 2.24) is 0 Å². The molecule has 0 aliphatic heterocycles. The van der Waals surface area contributed by atoms with Crippen LogP contribution in [0.2, 0.25) is 0 Å². The average Bonchev–Trinajstić information content (AvgIpc) is 2.86.